The quantitative estimate of drug-likeness (QED) is 0.781. The summed E-state index contributed by atoms with van der Waals surface area (Å²) in [6.45, 7) is 4.00. The van der Waals surface area contributed by atoms with Crippen molar-refractivity contribution in [1.82, 2.24) is 9.97 Å². The molecule has 1 heterocycles. The molecule has 5 heteroatoms. The van der Waals surface area contributed by atoms with E-state index in [1.54, 1.807) is 6.07 Å². The van der Waals surface area contributed by atoms with Gasteiger partial charge in [-0.15, -0.1) is 0 Å². The minimum Gasteiger partial charge on any atom is -0.329 e. The maximum Gasteiger partial charge on any atom is 0.274 e. The van der Waals surface area contributed by atoms with Crippen molar-refractivity contribution in [2.75, 3.05) is 17.3 Å². The molecule has 1 aromatic heterocycles. The predicted octanol–water partition coefficient (Wildman–Crippen LogP) is 4.11. The third-order valence-electron chi connectivity index (χ3n) is 3.85. The second-order valence-electron chi connectivity index (χ2n) is 5.99. The zero-order chi connectivity index (χ0) is 17.8. The largest absolute Gasteiger partial charge is 0.329 e. The maximum atomic E-state index is 12.5. The van der Waals surface area contributed by atoms with Gasteiger partial charge in [0.05, 0.1) is 0 Å². The summed E-state index contributed by atoms with van der Waals surface area (Å²) < 4.78 is 0. The number of carbonyl (C=O) groups is 1. The number of aromatic nitrogens is 2. The lowest BCUT2D eigenvalue weighted by Gasteiger charge is -2.18. The molecular weight excluding hydrogens is 312 g/mol. The number of hydrogen-bond acceptors (Lipinski definition) is 4. The molecule has 0 saturated heterocycles. The molecule has 0 saturated carbocycles. The van der Waals surface area contributed by atoms with E-state index in [1.165, 1.54) is 6.33 Å². The van der Waals surface area contributed by atoms with Gasteiger partial charge < -0.3 is 10.2 Å². The van der Waals surface area contributed by atoms with Crippen LogP contribution < -0.4 is 10.2 Å². The Labute approximate surface area is 147 Å². The highest BCUT2D eigenvalue weighted by atomic mass is 16.1. The third kappa shape index (κ3) is 4.01. The third-order valence-corrected chi connectivity index (χ3v) is 3.85. The van der Waals surface area contributed by atoms with E-state index in [0.717, 1.165) is 22.5 Å². The summed E-state index contributed by atoms with van der Waals surface area (Å²) >= 11 is 0. The van der Waals surface area contributed by atoms with Crippen LogP contribution in [0.4, 0.5) is 17.2 Å². The van der Waals surface area contributed by atoms with Gasteiger partial charge in [-0.1, -0.05) is 24.3 Å². The summed E-state index contributed by atoms with van der Waals surface area (Å²) in [6.07, 6.45) is 1.41. The maximum absolute atomic E-state index is 12.5. The highest BCUT2D eigenvalue weighted by Gasteiger charge is 2.12. The van der Waals surface area contributed by atoms with E-state index in [-0.39, 0.29) is 5.91 Å². The van der Waals surface area contributed by atoms with Crippen LogP contribution in [0.25, 0.3) is 0 Å². The zero-order valence-electron chi connectivity index (χ0n) is 14.5. The number of anilines is 3. The van der Waals surface area contributed by atoms with Gasteiger partial charge in [-0.2, -0.15) is 0 Å². The number of hydrogen-bond donors (Lipinski definition) is 1. The normalized spacial score (nSPS) is 10.4. The summed E-state index contributed by atoms with van der Waals surface area (Å²) in [5, 5.41) is 2.90. The lowest BCUT2D eigenvalue weighted by molar-refractivity contribution is 0.102. The van der Waals surface area contributed by atoms with Gasteiger partial charge in [-0.05, 0) is 49.2 Å². The molecule has 0 bridgehead atoms. The zero-order valence-corrected chi connectivity index (χ0v) is 14.5. The summed E-state index contributed by atoms with van der Waals surface area (Å²) in [7, 11) is 1.91. The van der Waals surface area contributed by atoms with E-state index in [2.05, 4.69) is 21.4 Å². The lowest BCUT2D eigenvalue weighted by atomic mass is 10.1. The standard InChI is InChI=1S/C20H20N4O/c1-14-9-15(2)11-16(10-14)23-20(25)18-12-19(22-13-21-18)24(3)17-7-5-4-6-8-17/h4-13H,1-3H3,(H,23,25). The van der Waals surface area contributed by atoms with E-state index in [1.807, 2.05) is 68.3 Å². The first-order chi connectivity index (χ1) is 12.0. The monoisotopic (exact) mass is 332 g/mol. The molecule has 0 atom stereocenters. The van der Waals surface area contributed by atoms with E-state index in [9.17, 15) is 4.79 Å². The first kappa shape index (κ1) is 16.6. The van der Waals surface area contributed by atoms with Crippen LogP contribution in [-0.4, -0.2) is 22.9 Å². The van der Waals surface area contributed by atoms with Crippen molar-refractivity contribution in [1.29, 1.82) is 0 Å². The number of nitrogens with one attached hydrogen (secondary N) is 1. The van der Waals surface area contributed by atoms with Crippen molar-refractivity contribution in [2.24, 2.45) is 0 Å². The van der Waals surface area contributed by atoms with Crippen LogP contribution in [0.1, 0.15) is 21.6 Å². The van der Waals surface area contributed by atoms with E-state index in [4.69, 9.17) is 0 Å². The van der Waals surface area contributed by atoms with Crippen LogP contribution in [-0.2, 0) is 0 Å². The second-order valence-corrected chi connectivity index (χ2v) is 5.99. The molecule has 2 aromatic carbocycles. The van der Waals surface area contributed by atoms with Crippen LogP contribution in [0.2, 0.25) is 0 Å². The molecule has 25 heavy (non-hydrogen) atoms. The molecule has 1 amide bonds. The molecule has 3 aromatic rings. The fourth-order valence-corrected chi connectivity index (χ4v) is 2.68. The van der Waals surface area contributed by atoms with Gasteiger partial charge in [-0.3, -0.25) is 4.79 Å². The average Bonchev–Trinajstić information content (AvgIpc) is 2.61. The number of aryl methyl sites for hydroxylation is 2. The Morgan fingerprint density at radius 1 is 0.960 bits per heavy atom. The van der Waals surface area contributed by atoms with E-state index in [0.29, 0.717) is 11.5 Å². The fourth-order valence-electron chi connectivity index (χ4n) is 2.68. The first-order valence-electron chi connectivity index (χ1n) is 8.03. The molecule has 5 nitrogen and oxygen atoms in total. The summed E-state index contributed by atoms with van der Waals surface area (Å²) in [5.41, 5.74) is 4.28. The number of rotatable bonds is 4. The highest BCUT2D eigenvalue weighted by molar-refractivity contribution is 6.03. The molecule has 0 spiro atoms. The minimum absolute atomic E-state index is 0.255. The Bertz CT molecular complexity index is 873. The Kier molecular flexibility index (Phi) is 4.75. The van der Waals surface area contributed by atoms with Crippen molar-refractivity contribution in [3.05, 3.63) is 77.7 Å². The molecule has 1 N–H and O–H groups in total. The molecule has 3 rings (SSSR count). The van der Waals surface area contributed by atoms with Crippen molar-refractivity contribution >= 4 is 23.1 Å². The minimum atomic E-state index is -0.255. The van der Waals surface area contributed by atoms with Gasteiger partial charge in [0.1, 0.15) is 17.8 Å². The van der Waals surface area contributed by atoms with Crippen molar-refractivity contribution < 1.29 is 4.79 Å². The average molecular weight is 332 g/mol. The summed E-state index contributed by atoms with van der Waals surface area (Å²) in [6, 6.07) is 17.5. The molecule has 0 unspecified atom stereocenters. The number of nitrogens with zero attached hydrogens (tertiary/aromatic N) is 3. The highest BCUT2D eigenvalue weighted by Crippen LogP contribution is 2.21. The molecular formula is C20H20N4O. The second kappa shape index (κ2) is 7.13. The summed E-state index contributed by atoms with van der Waals surface area (Å²) in [4.78, 5) is 22.8. The molecule has 0 aliphatic carbocycles. The Balaban J connectivity index is 1.82. The first-order valence-corrected chi connectivity index (χ1v) is 8.03. The molecule has 0 fully saturated rings. The van der Waals surface area contributed by atoms with E-state index >= 15 is 0 Å². The fraction of sp³-hybridized carbons (Fsp3) is 0.150. The van der Waals surface area contributed by atoms with Gasteiger partial charge in [0.15, 0.2) is 0 Å². The van der Waals surface area contributed by atoms with Gasteiger partial charge in [-0.25, -0.2) is 9.97 Å². The molecule has 0 aliphatic heterocycles. The van der Waals surface area contributed by atoms with Crippen molar-refractivity contribution in [2.45, 2.75) is 13.8 Å². The number of amides is 1. The Hall–Kier alpha value is -3.21. The topological polar surface area (TPSA) is 58.1 Å². The van der Waals surface area contributed by atoms with Crippen molar-refractivity contribution in [3.63, 3.8) is 0 Å². The van der Waals surface area contributed by atoms with Crippen molar-refractivity contribution in [3.8, 4) is 0 Å². The van der Waals surface area contributed by atoms with E-state index < -0.39 is 0 Å². The van der Waals surface area contributed by atoms with Crippen LogP contribution in [0.3, 0.4) is 0 Å². The van der Waals surface area contributed by atoms with Gasteiger partial charge in [0.25, 0.3) is 5.91 Å². The Morgan fingerprint density at radius 2 is 1.64 bits per heavy atom. The smallest absolute Gasteiger partial charge is 0.274 e. The predicted molar refractivity (Wildman–Crippen MR) is 100 cm³/mol. The number of benzene rings is 2. The van der Waals surface area contributed by atoms with Crippen LogP contribution >= 0.6 is 0 Å². The number of carbonyl (C=O) groups excluding carboxylic acids is 1. The molecule has 0 radical (unpaired) electrons. The van der Waals surface area contributed by atoms with Gasteiger partial charge >= 0.3 is 0 Å². The van der Waals surface area contributed by atoms with Crippen LogP contribution in [0.5, 0.6) is 0 Å². The molecule has 126 valence electrons. The van der Waals surface area contributed by atoms with Crippen LogP contribution in [0.15, 0.2) is 60.9 Å². The van der Waals surface area contributed by atoms with Gasteiger partial charge in [0, 0.05) is 24.5 Å². The SMILES string of the molecule is Cc1cc(C)cc(NC(=O)c2cc(N(C)c3ccccc3)ncn2)c1. The van der Waals surface area contributed by atoms with Gasteiger partial charge in [0.2, 0.25) is 0 Å². The van der Waals surface area contributed by atoms with Crippen LogP contribution in [0, 0.1) is 13.8 Å². The summed E-state index contributed by atoms with van der Waals surface area (Å²) in [5.74, 6) is 0.405. The molecule has 0 aliphatic rings. The lowest BCUT2D eigenvalue weighted by Crippen LogP contribution is -2.17. The Morgan fingerprint density at radius 3 is 2.32 bits per heavy atom. The number of para-hydroxylation sites is 1.